The van der Waals surface area contributed by atoms with Gasteiger partial charge in [0.2, 0.25) is 5.82 Å². The van der Waals surface area contributed by atoms with Gasteiger partial charge < -0.3 is 10.0 Å². The Balaban J connectivity index is 1.40. The standard InChI is InChI=1S/C20H21F2N5O/c21-16-7-5-15(6-8-16)13-27-19(23-24-25-27)14-26-11-9-20(28,10-12-26)17-3-1-2-4-18(17)22/h1-8,28H,9-14H2/p+1. The van der Waals surface area contributed by atoms with Gasteiger partial charge in [0.1, 0.15) is 23.8 Å². The lowest BCUT2D eigenvalue weighted by Gasteiger charge is -2.36. The Labute approximate surface area is 161 Å². The van der Waals surface area contributed by atoms with Gasteiger partial charge >= 0.3 is 0 Å². The van der Waals surface area contributed by atoms with E-state index in [2.05, 4.69) is 15.5 Å². The lowest BCUT2D eigenvalue weighted by Crippen LogP contribution is -3.12. The molecule has 2 N–H and O–H groups in total. The van der Waals surface area contributed by atoms with Gasteiger partial charge in [-0.25, -0.2) is 13.5 Å². The van der Waals surface area contributed by atoms with Crippen molar-refractivity contribution in [2.24, 2.45) is 0 Å². The molecule has 3 aromatic rings. The highest BCUT2D eigenvalue weighted by molar-refractivity contribution is 5.24. The van der Waals surface area contributed by atoms with E-state index in [1.54, 1.807) is 35.0 Å². The van der Waals surface area contributed by atoms with Crippen LogP contribution in [0.3, 0.4) is 0 Å². The van der Waals surface area contributed by atoms with Crippen molar-refractivity contribution in [1.82, 2.24) is 20.2 Å². The molecule has 0 bridgehead atoms. The van der Waals surface area contributed by atoms with Gasteiger partial charge in [-0.15, -0.1) is 5.10 Å². The minimum absolute atomic E-state index is 0.277. The summed E-state index contributed by atoms with van der Waals surface area (Å²) in [5, 5.41) is 22.8. The van der Waals surface area contributed by atoms with E-state index in [0.29, 0.717) is 44.6 Å². The second kappa shape index (κ2) is 7.73. The highest BCUT2D eigenvalue weighted by atomic mass is 19.1. The smallest absolute Gasteiger partial charge is 0.206 e. The maximum Gasteiger partial charge on any atom is 0.206 e. The summed E-state index contributed by atoms with van der Waals surface area (Å²) in [4.78, 5) is 1.23. The van der Waals surface area contributed by atoms with Crippen LogP contribution in [-0.4, -0.2) is 38.4 Å². The molecule has 6 nitrogen and oxygen atoms in total. The van der Waals surface area contributed by atoms with Crippen molar-refractivity contribution in [3.8, 4) is 0 Å². The van der Waals surface area contributed by atoms with Gasteiger partial charge in [-0.1, -0.05) is 30.3 Å². The van der Waals surface area contributed by atoms with Crippen LogP contribution in [0.5, 0.6) is 0 Å². The van der Waals surface area contributed by atoms with Crippen LogP contribution in [0.4, 0.5) is 8.78 Å². The number of halogens is 2. The number of rotatable bonds is 5. The highest BCUT2D eigenvalue weighted by Gasteiger charge is 2.38. The zero-order valence-corrected chi connectivity index (χ0v) is 15.4. The molecule has 0 amide bonds. The number of nitrogens with zero attached hydrogens (tertiary/aromatic N) is 4. The fourth-order valence-electron chi connectivity index (χ4n) is 3.76. The molecule has 0 unspecified atom stereocenters. The van der Waals surface area contributed by atoms with Gasteiger partial charge in [0.25, 0.3) is 0 Å². The van der Waals surface area contributed by atoms with Crippen LogP contribution in [-0.2, 0) is 18.7 Å². The molecule has 1 fully saturated rings. The number of piperidine rings is 1. The molecular formula is C20H22F2N5O+. The monoisotopic (exact) mass is 386 g/mol. The number of likely N-dealkylation sites (tertiary alicyclic amines) is 1. The predicted octanol–water partition coefficient (Wildman–Crippen LogP) is 1.07. The van der Waals surface area contributed by atoms with E-state index in [4.69, 9.17) is 0 Å². The van der Waals surface area contributed by atoms with E-state index in [-0.39, 0.29) is 11.6 Å². The molecule has 0 radical (unpaired) electrons. The molecule has 2 heterocycles. The fraction of sp³-hybridized carbons (Fsp3) is 0.350. The highest BCUT2D eigenvalue weighted by Crippen LogP contribution is 2.31. The van der Waals surface area contributed by atoms with Gasteiger partial charge in [-0.3, -0.25) is 0 Å². The fourth-order valence-corrected chi connectivity index (χ4v) is 3.76. The van der Waals surface area contributed by atoms with Crippen LogP contribution in [0.15, 0.2) is 48.5 Å². The van der Waals surface area contributed by atoms with Crippen molar-refractivity contribution >= 4 is 0 Å². The maximum absolute atomic E-state index is 14.1. The lowest BCUT2D eigenvalue weighted by atomic mass is 9.84. The molecule has 28 heavy (non-hydrogen) atoms. The lowest BCUT2D eigenvalue weighted by molar-refractivity contribution is -0.922. The Kier molecular flexibility index (Phi) is 5.15. The minimum atomic E-state index is -1.13. The summed E-state index contributed by atoms with van der Waals surface area (Å²) in [5.41, 5.74) is 0.155. The molecule has 1 aliphatic heterocycles. The zero-order valence-electron chi connectivity index (χ0n) is 15.4. The van der Waals surface area contributed by atoms with E-state index in [1.807, 2.05) is 0 Å². The molecule has 1 aromatic heterocycles. The molecule has 0 saturated carbocycles. The van der Waals surface area contributed by atoms with Crippen molar-refractivity contribution in [2.75, 3.05) is 13.1 Å². The Morgan fingerprint density at radius 2 is 1.75 bits per heavy atom. The summed E-state index contributed by atoms with van der Waals surface area (Å²) in [5.74, 6) is 0.0909. The Hall–Kier alpha value is -2.71. The third-order valence-electron chi connectivity index (χ3n) is 5.42. The van der Waals surface area contributed by atoms with Crippen molar-refractivity contribution in [3.63, 3.8) is 0 Å². The average Bonchev–Trinajstić information content (AvgIpc) is 3.12. The van der Waals surface area contributed by atoms with Crippen molar-refractivity contribution in [1.29, 1.82) is 0 Å². The molecule has 2 aromatic carbocycles. The largest absolute Gasteiger partial charge is 0.385 e. The van der Waals surface area contributed by atoms with Gasteiger partial charge in [0.05, 0.1) is 19.6 Å². The SMILES string of the molecule is OC1(c2ccccc2F)CC[NH+](Cc2nnnn2Cc2ccc(F)cc2)CC1. The third-order valence-corrected chi connectivity index (χ3v) is 5.42. The first-order valence-corrected chi connectivity index (χ1v) is 9.34. The van der Waals surface area contributed by atoms with Crippen molar-refractivity contribution in [3.05, 3.63) is 77.1 Å². The third kappa shape index (κ3) is 3.93. The summed E-state index contributed by atoms with van der Waals surface area (Å²) in [7, 11) is 0. The molecule has 0 atom stereocenters. The number of hydrogen-bond donors (Lipinski definition) is 2. The van der Waals surface area contributed by atoms with Crippen LogP contribution >= 0.6 is 0 Å². The zero-order chi connectivity index (χ0) is 19.6. The predicted molar refractivity (Wildman–Crippen MR) is 97.3 cm³/mol. The first-order valence-electron chi connectivity index (χ1n) is 9.34. The second-order valence-electron chi connectivity index (χ2n) is 7.32. The summed E-state index contributed by atoms with van der Waals surface area (Å²) in [6, 6.07) is 12.7. The van der Waals surface area contributed by atoms with E-state index in [0.717, 1.165) is 11.4 Å². The summed E-state index contributed by atoms with van der Waals surface area (Å²) >= 11 is 0. The quantitative estimate of drug-likeness (QED) is 0.688. The van der Waals surface area contributed by atoms with E-state index in [9.17, 15) is 13.9 Å². The number of quaternary nitrogens is 1. The Morgan fingerprint density at radius 3 is 2.46 bits per heavy atom. The summed E-state index contributed by atoms with van der Waals surface area (Å²) in [6.07, 6.45) is 0.950. The number of aliphatic hydroxyl groups is 1. The Bertz CT molecular complexity index is 936. The number of nitrogens with one attached hydrogen (secondary N) is 1. The topological polar surface area (TPSA) is 68.3 Å². The second-order valence-corrected chi connectivity index (χ2v) is 7.32. The van der Waals surface area contributed by atoms with Gasteiger partial charge in [-0.2, -0.15) is 0 Å². The molecule has 8 heteroatoms. The number of tetrazole rings is 1. The molecule has 1 saturated heterocycles. The van der Waals surface area contributed by atoms with E-state index in [1.165, 1.54) is 23.1 Å². The van der Waals surface area contributed by atoms with Crippen LogP contribution in [0, 0.1) is 11.6 Å². The van der Waals surface area contributed by atoms with Gasteiger partial charge in [-0.05, 0) is 34.2 Å². The van der Waals surface area contributed by atoms with Crippen LogP contribution in [0.25, 0.3) is 0 Å². The molecular weight excluding hydrogens is 364 g/mol. The summed E-state index contributed by atoms with van der Waals surface area (Å²) < 4.78 is 28.9. The number of aromatic nitrogens is 4. The van der Waals surface area contributed by atoms with Gasteiger partial charge in [0.15, 0.2) is 0 Å². The molecule has 146 valence electrons. The first kappa shape index (κ1) is 18.6. The average molecular weight is 386 g/mol. The van der Waals surface area contributed by atoms with Gasteiger partial charge in [0, 0.05) is 18.4 Å². The summed E-state index contributed by atoms with van der Waals surface area (Å²) in [6.45, 7) is 2.46. The van der Waals surface area contributed by atoms with Crippen LogP contribution in [0.2, 0.25) is 0 Å². The maximum atomic E-state index is 14.1. The molecule has 0 spiro atoms. The van der Waals surface area contributed by atoms with E-state index < -0.39 is 5.60 Å². The van der Waals surface area contributed by atoms with E-state index >= 15 is 0 Å². The number of benzene rings is 2. The molecule has 1 aliphatic rings. The molecule has 4 rings (SSSR count). The minimum Gasteiger partial charge on any atom is -0.385 e. The van der Waals surface area contributed by atoms with Crippen LogP contribution < -0.4 is 4.90 Å². The Morgan fingerprint density at radius 1 is 1.04 bits per heavy atom. The number of hydrogen-bond acceptors (Lipinski definition) is 4. The van der Waals surface area contributed by atoms with Crippen molar-refractivity contribution < 1.29 is 18.8 Å². The first-order chi connectivity index (χ1) is 13.5. The van der Waals surface area contributed by atoms with Crippen molar-refractivity contribution in [2.45, 2.75) is 31.5 Å². The van der Waals surface area contributed by atoms with Crippen LogP contribution in [0.1, 0.15) is 29.8 Å². The normalized spacial score (nSPS) is 22.3. The molecule has 0 aliphatic carbocycles.